The first-order valence-corrected chi connectivity index (χ1v) is 12.1. The number of rotatable bonds is 8. The van der Waals surface area contributed by atoms with Crippen molar-refractivity contribution in [2.45, 2.75) is 17.9 Å². The van der Waals surface area contributed by atoms with E-state index in [0.717, 1.165) is 11.1 Å². The molecule has 0 atom stereocenters. The highest BCUT2D eigenvalue weighted by Gasteiger charge is 2.31. The summed E-state index contributed by atoms with van der Waals surface area (Å²) in [6.45, 7) is 0.0542. The second kappa shape index (κ2) is 9.96. The number of ether oxygens (including phenoxy) is 2. The van der Waals surface area contributed by atoms with Crippen LogP contribution in [0.25, 0.3) is 0 Å². The SMILES string of the molecule is COc1ccccc1CNC(=O)COC(=O)c1cccc(S(=O)(=O)N2CCc3ccccc32)c1. The number of benzene rings is 3. The lowest BCUT2D eigenvalue weighted by Crippen LogP contribution is -2.29. The molecule has 0 saturated heterocycles. The molecule has 0 spiro atoms. The van der Waals surface area contributed by atoms with Crippen LogP contribution in [0.15, 0.2) is 77.7 Å². The van der Waals surface area contributed by atoms with Crippen molar-refractivity contribution in [1.82, 2.24) is 5.32 Å². The van der Waals surface area contributed by atoms with Crippen LogP contribution in [-0.4, -0.2) is 40.6 Å². The molecule has 1 N–H and O–H groups in total. The lowest BCUT2D eigenvalue weighted by molar-refractivity contribution is -0.124. The molecule has 9 heteroatoms. The summed E-state index contributed by atoms with van der Waals surface area (Å²) in [4.78, 5) is 24.6. The number of nitrogens with one attached hydrogen (secondary N) is 1. The van der Waals surface area contributed by atoms with Gasteiger partial charge in [0.25, 0.3) is 15.9 Å². The largest absolute Gasteiger partial charge is 0.496 e. The molecule has 0 unspecified atom stereocenters. The van der Waals surface area contributed by atoms with Crippen molar-refractivity contribution in [2.24, 2.45) is 0 Å². The second-order valence-corrected chi connectivity index (χ2v) is 9.51. The Bertz CT molecular complexity index is 1320. The van der Waals surface area contributed by atoms with Gasteiger partial charge in [0.1, 0.15) is 5.75 Å². The van der Waals surface area contributed by atoms with Crippen LogP contribution in [0.2, 0.25) is 0 Å². The highest BCUT2D eigenvalue weighted by molar-refractivity contribution is 7.92. The predicted octanol–water partition coefficient (Wildman–Crippen LogP) is 2.92. The van der Waals surface area contributed by atoms with Crippen molar-refractivity contribution < 1.29 is 27.5 Å². The van der Waals surface area contributed by atoms with Crippen LogP contribution < -0.4 is 14.4 Å². The first-order valence-electron chi connectivity index (χ1n) is 10.7. The van der Waals surface area contributed by atoms with Gasteiger partial charge in [-0.2, -0.15) is 0 Å². The van der Waals surface area contributed by atoms with E-state index in [1.807, 2.05) is 30.3 Å². The minimum Gasteiger partial charge on any atom is -0.496 e. The van der Waals surface area contributed by atoms with Crippen LogP contribution in [0.4, 0.5) is 5.69 Å². The minimum absolute atomic E-state index is 0.0146. The highest BCUT2D eigenvalue weighted by atomic mass is 32.2. The molecule has 3 aromatic carbocycles. The molecule has 1 heterocycles. The van der Waals surface area contributed by atoms with E-state index < -0.39 is 28.5 Å². The molecule has 176 valence electrons. The van der Waals surface area contributed by atoms with Gasteiger partial charge in [-0.3, -0.25) is 9.10 Å². The van der Waals surface area contributed by atoms with Gasteiger partial charge in [-0.15, -0.1) is 0 Å². The van der Waals surface area contributed by atoms with Crippen LogP contribution in [0.5, 0.6) is 5.75 Å². The Morgan fingerprint density at radius 2 is 1.76 bits per heavy atom. The van der Waals surface area contributed by atoms with Crippen molar-refractivity contribution in [3.8, 4) is 5.75 Å². The third-order valence-electron chi connectivity index (χ3n) is 5.51. The standard InChI is InChI=1S/C25H24N2O6S/c1-32-23-12-5-3-8-20(23)16-26-24(28)17-33-25(29)19-9-6-10-21(15-19)34(30,31)27-14-13-18-7-2-4-11-22(18)27/h2-12,15H,13-14,16-17H2,1H3,(H,26,28). The van der Waals surface area contributed by atoms with Crippen molar-refractivity contribution in [3.63, 3.8) is 0 Å². The Balaban J connectivity index is 1.39. The molecule has 0 aliphatic carbocycles. The fourth-order valence-corrected chi connectivity index (χ4v) is 5.33. The van der Waals surface area contributed by atoms with Crippen molar-refractivity contribution in [1.29, 1.82) is 0 Å². The van der Waals surface area contributed by atoms with Gasteiger partial charge in [0.05, 0.1) is 23.3 Å². The molecule has 3 aromatic rings. The maximum absolute atomic E-state index is 13.2. The van der Waals surface area contributed by atoms with Gasteiger partial charge in [-0.1, -0.05) is 42.5 Å². The Hall–Kier alpha value is -3.85. The number of anilines is 1. The van der Waals surface area contributed by atoms with E-state index in [0.29, 0.717) is 24.4 Å². The molecular formula is C25H24N2O6S. The summed E-state index contributed by atoms with van der Waals surface area (Å²) >= 11 is 0. The van der Waals surface area contributed by atoms with Crippen LogP contribution in [0.3, 0.4) is 0 Å². The Morgan fingerprint density at radius 1 is 1.00 bits per heavy atom. The number of para-hydroxylation sites is 2. The Labute approximate surface area is 198 Å². The van der Waals surface area contributed by atoms with E-state index in [9.17, 15) is 18.0 Å². The van der Waals surface area contributed by atoms with E-state index in [4.69, 9.17) is 9.47 Å². The topological polar surface area (TPSA) is 102 Å². The van der Waals surface area contributed by atoms with Gasteiger partial charge in [-0.25, -0.2) is 13.2 Å². The number of esters is 1. The molecule has 0 radical (unpaired) electrons. The summed E-state index contributed by atoms with van der Waals surface area (Å²) in [6.07, 6.45) is 0.626. The first-order chi connectivity index (χ1) is 16.4. The van der Waals surface area contributed by atoms with E-state index in [-0.39, 0.29) is 17.0 Å². The lowest BCUT2D eigenvalue weighted by Gasteiger charge is -2.19. The molecular weight excluding hydrogens is 456 g/mol. The molecule has 1 aliphatic rings. The van der Waals surface area contributed by atoms with Crippen molar-refractivity contribution in [2.75, 3.05) is 24.6 Å². The average molecular weight is 481 g/mol. The summed E-state index contributed by atoms with van der Waals surface area (Å²) in [7, 11) is -2.31. The van der Waals surface area contributed by atoms with Gasteiger partial charge in [0, 0.05) is 18.7 Å². The zero-order chi connectivity index (χ0) is 24.1. The van der Waals surface area contributed by atoms with Gasteiger partial charge in [0.2, 0.25) is 0 Å². The first kappa shape index (κ1) is 23.3. The fraction of sp³-hybridized carbons (Fsp3) is 0.200. The van der Waals surface area contributed by atoms with Crippen LogP contribution in [0.1, 0.15) is 21.5 Å². The van der Waals surface area contributed by atoms with E-state index >= 15 is 0 Å². The quantitative estimate of drug-likeness (QED) is 0.498. The summed E-state index contributed by atoms with van der Waals surface area (Å²) in [5.74, 6) is -0.638. The monoisotopic (exact) mass is 480 g/mol. The summed E-state index contributed by atoms with van der Waals surface area (Å²) in [6, 6.07) is 20.2. The number of hydrogen-bond acceptors (Lipinski definition) is 6. The van der Waals surface area contributed by atoms with Crippen LogP contribution in [0, 0.1) is 0 Å². The number of hydrogen-bond donors (Lipinski definition) is 1. The summed E-state index contributed by atoms with van der Waals surface area (Å²) in [5.41, 5.74) is 2.43. The van der Waals surface area contributed by atoms with E-state index in [1.165, 1.54) is 28.6 Å². The highest BCUT2D eigenvalue weighted by Crippen LogP contribution is 2.32. The third-order valence-corrected chi connectivity index (χ3v) is 7.31. The maximum Gasteiger partial charge on any atom is 0.338 e. The second-order valence-electron chi connectivity index (χ2n) is 7.65. The lowest BCUT2D eigenvalue weighted by atomic mass is 10.2. The number of sulfonamides is 1. The zero-order valence-electron chi connectivity index (χ0n) is 18.6. The normalized spacial score (nSPS) is 12.7. The van der Waals surface area contributed by atoms with Gasteiger partial charge in [0.15, 0.2) is 6.61 Å². The van der Waals surface area contributed by atoms with Crippen molar-refractivity contribution >= 4 is 27.6 Å². The summed E-state index contributed by atoms with van der Waals surface area (Å²) in [5, 5.41) is 2.66. The number of nitrogens with zero attached hydrogens (tertiary/aromatic N) is 1. The molecule has 1 aliphatic heterocycles. The predicted molar refractivity (Wildman–Crippen MR) is 126 cm³/mol. The molecule has 0 aromatic heterocycles. The van der Waals surface area contributed by atoms with Gasteiger partial charge < -0.3 is 14.8 Å². The number of methoxy groups -OCH3 is 1. The fourth-order valence-electron chi connectivity index (χ4n) is 3.78. The number of carbonyl (C=O) groups is 2. The number of carbonyl (C=O) groups excluding carboxylic acids is 2. The molecule has 34 heavy (non-hydrogen) atoms. The molecule has 4 rings (SSSR count). The van der Waals surface area contributed by atoms with Gasteiger partial charge >= 0.3 is 5.97 Å². The van der Waals surface area contributed by atoms with Crippen LogP contribution >= 0.6 is 0 Å². The third kappa shape index (κ3) is 4.89. The molecule has 0 bridgehead atoms. The van der Waals surface area contributed by atoms with E-state index in [2.05, 4.69) is 5.32 Å². The minimum atomic E-state index is -3.85. The van der Waals surface area contributed by atoms with Crippen molar-refractivity contribution in [3.05, 3.63) is 89.5 Å². The molecule has 0 fully saturated rings. The molecule has 8 nitrogen and oxygen atoms in total. The van der Waals surface area contributed by atoms with Crippen LogP contribution in [-0.2, 0) is 32.5 Å². The Kier molecular flexibility index (Phi) is 6.83. The summed E-state index contributed by atoms with van der Waals surface area (Å²) < 4.78 is 38.1. The number of fused-ring (bicyclic) bond motifs is 1. The Morgan fingerprint density at radius 3 is 2.59 bits per heavy atom. The van der Waals surface area contributed by atoms with Gasteiger partial charge in [-0.05, 0) is 42.3 Å². The zero-order valence-corrected chi connectivity index (χ0v) is 19.4. The molecule has 1 amide bonds. The maximum atomic E-state index is 13.2. The smallest absolute Gasteiger partial charge is 0.338 e. The molecule has 0 saturated carbocycles. The average Bonchev–Trinajstić information content (AvgIpc) is 3.31. The van der Waals surface area contributed by atoms with E-state index in [1.54, 1.807) is 25.3 Å². The number of amides is 1.